The smallest absolute Gasteiger partial charge is 0.168 e. The van der Waals surface area contributed by atoms with Crippen LogP contribution in [0.15, 0.2) is 39.5 Å². The van der Waals surface area contributed by atoms with E-state index in [1.807, 2.05) is 10.8 Å². The lowest BCUT2D eigenvalue weighted by atomic mass is 10.1. The minimum atomic E-state index is -0.307. The second kappa shape index (κ2) is 4.89. The number of rotatable bonds is 3. The molecule has 4 heteroatoms. The third-order valence-electron chi connectivity index (χ3n) is 2.21. The van der Waals surface area contributed by atoms with Gasteiger partial charge in [-0.2, -0.15) is 11.3 Å². The van der Waals surface area contributed by atoms with Crippen LogP contribution in [0.5, 0.6) is 0 Å². The van der Waals surface area contributed by atoms with Crippen LogP contribution in [0.2, 0.25) is 0 Å². The maximum atomic E-state index is 12.8. The van der Waals surface area contributed by atoms with Gasteiger partial charge >= 0.3 is 0 Å². The summed E-state index contributed by atoms with van der Waals surface area (Å²) in [7, 11) is 0. The van der Waals surface area contributed by atoms with Gasteiger partial charge in [-0.15, -0.1) is 0 Å². The van der Waals surface area contributed by atoms with E-state index >= 15 is 0 Å². The second-order valence-electron chi connectivity index (χ2n) is 3.35. The molecule has 2 aromatic rings. The normalized spacial score (nSPS) is 10.4. The average molecular weight is 299 g/mol. The number of benzene rings is 1. The van der Waals surface area contributed by atoms with E-state index in [0.29, 0.717) is 10.0 Å². The Kier molecular flexibility index (Phi) is 3.51. The van der Waals surface area contributed by atoms with Gasteiger partial charge in [0.2, 0.25) is 0 Å². The molecule has 1 aromatic heterocycles. The highest BCUT2D eigenvalue weighted by Crippen LogP contribution is 2.20. The predicted molar refractivity (Wildman–Crippen MR) is 66.5 cm³/mol. The molecule has 0 aliphatic rings. The zero-order valence-corrected chi connectivity index (χ0v) is 10.6. The van der Waals surface area contributed by atoms with Crippen molar-refractivity contribution < 1.29 is 9.18 Å². The Bertz CT molecular complexity index is 508. The molecule has 2 rings (SSSR count). The van der Waals surface area contributed by atoms with Crippen LogP contribution in [0.25, 0.3) is 0 Å². The molecule has 0 bridgehead atoms. The zero-order valence-electron chi connectivity index (χ0n) is 8.24. The molecular formula is C12H8BrFOS. The van der Waals surface area contributed by atoms with Crippen LogP contribution in [-0.2, 0) is 6.42 Å². The first-order valence-corrected chi connectivity index (χ1v) is 6.40. The van der Waals surface area contributed by atoms with Gasteiger partial charge in [-0.05, 0) is 29.1 Å². The van der Waals surface area contributed by atoms with Gasteiger partial charge in [-0.1, -0.05) is 22.0 Å². The van der Waals surface area contributed by atoms with Gasteiger partial charge in [-0.3, -0.25) is 4.79 Å². The fourth-order valence-corrected chi connectivity index (χ4v) is 2.51. The van der Waals surface area contributed by atoms with Crippen molar-refractivity contribution in [2.24, 2.45) is 0 Å². The van der Waals surface area contributed by atoms with Crippen molar-refractivity contribution in [2.75, 3.05) is 0 Å². The first kappa shape index (κ1) is 11.5. The molecule has 16 heavy (non-hydrogen) atoms. The summed E-state index contributed by atoms with van der Waals surface area (Å²) in [5, 5.41) is 3.69. The van der Waals surface area contributed by atoms with Gasteiger partial charge in [0.25, 0.3) is 0 Å². The second-order valence-corrected chi connectivity index (χ2v) is 4.98. The maximum absolute atomic E-state index is 12.8. The Morgan fingerprint density at radius 1 is 1.38 bits per heavy atom. The van der Waals surface area contributed by atoms with Crippen LogP contribution in [0.1, 0.15) is 15.9 Å². The number of Topliss-reactive ketones (excluding diaryl/α,β-unsaturated/α-hetero) is 1. The lowest BCUT2D eigenvalue weighted by Crippen LogP contribution is -2.02. The highest BCUT2D eigenvalue weighted by Gasteiger charge is 2.10. The summed E-state index contributed by atoms with van der Waals surface area (Å²) in [6, 6.07) is 6.16. The number of hydrogen-bond donors (Lipinski definition) is 0. The van der Waals surface area contributed by atoms with E-state index in [1.54, 1.807) is 12.1 Å². The maximum Gasteiger partial charge on any atom is 0.168 e. The van der Waals surface area contributed by atoms with Crippen LogP contribution in [0.4, 0.5) is 4.39 Å². The Labute approximate surface area is 105 Å². The number of ketones is 1. The minimum Gasteiger partial charge on any atom is -0.294 e. The highest BCUT2D eigenvalue weighted by atomic mass is 79.9. The Hall–Kier alpha value is -1.00. The number of carbonyl (C=O) groups is 1. The average Bonchev–Trinajstić information content (AvgIpc) is 2.75. The van der Waals surface area contributed by atoms with E-state index in [9.17, 15) is 9.18 Å². The third-order valence-corrected chi connectivity index (χ3v) is 3.63. The van der Waals surface area contributed by atoms with E-state index in [1.165, 1.54) is 23.5 Å². The molecule has 0 fully saturated rings. The molecule has 0 radical (unpaired) electrons. The van der Waals surface area contributed by atoms with Gasteiger partial charge in [0.05, 0.1) is 0 Å². The lowest BCUT2D eigenvalue weighted by molar-refractivity contribution is 0.0993. The van der Waals surface area contributed by atoms with Gasteiger partial charge < -0.3 is 0 Å². The Morgan fingerprint density at radius 2 is 2.19 bits per heavy atom. The number of carbonyl (C=O) groups excluding carboxylic acids is 1. The number of hydrogen-bond acceptors (Lipinski definition) is 2. The Balaban J connectivity index is 2.18. The van der Waals surface area contributed by atoms with E-state index in [2.05, 4.69) is 15.9 Å². The summed E-state index contributed by atoms with van der Waals surface area (Å²) in [4.78, 5) is 11.8. The van der Waals surface area contributed by atoms with E-state index in [4.69, 9.17) is 0 Å². The molecule has 0 atom stereocenters. The quantitative estimate of drug-likeness (QED) is 0.781. The van der Waals surface area contributed by atoms with E-state index < -0.39 is 0 Å². The van der Waals surface area contributed by atoms with Crippen molar-refractivity contribution in [3.63, 3.8) is 0 Å². The summed E-state index contributed by atoms with van der Waals surface area (Å²) in [5.41, 5.74) is 1.51. The van der Waals surface area contributed by atoms with Crippen molar-refractivity contribution in [2.45, 2.75) is 6.42 Å². The summed E-state index contributed by atoms with van der Waals surface area (Å²) < 4.78 is 13.5. The van der Waals surface area contributed by atoms with Crippen molar-refractivity contribution in [3.8, 4) is 0 Å². The topological polar surface area (TPSA) is 17.1 Å². The first-order valence-electron chi connectivity index (χ1n) is 4.66. The van der Waals surface area contributed by atoms with Gasteiger partial charge in [0.15, 0.2) is 5.78 Å². The fraction of sp³-hybridized carbons (Fsp3) is 0.0833. The van der Waals surface area contributed by atoms with Crippen LogP contribution in [-0.4, -0.2) is 5.78 Å². The molecule has 0 saturated heterocycles. The molecule has 0 amide bonds. The van der Waals surface area contributed by atoms with Crippen LogP contribution < -0.4 is 0 Å². The highest BCUT2D eigenvalue weighted by molar-refractivity contribution is 9.10. The summed E-state index contributed by atoms with van der Waals surface area (Å²) >= 11 is 4.74. The standard InChI is InChI=1S/C12H8BrFOS/c13-11-6-10(14)2-1-8(11)5-12(15)9-3-4-16-7-9/h1-4,6-7H,5H2. The molecule has 1 aromatic carbocycles. The van der Waals surface area contributed by atoms with E-state index in [0.717, 1.165) is 5.56 Å². The molecule has 0 aliphatic carbocycles. The third kappa shape index (κ3) is 2.57. The van der Waals surface area contributed by atoms with E-state index in [-0.39, 0.29) is 18.0 Å². The van der Waals surface area contributed by atoms with Crippen LogP contribution in [0.3, 0.4) is 0 Å². The first-order chi connectivity index (χ1) is 7.66. The van der Waals surface area contributed by atoms with Crippen molar-refractivity contribution in [1.82, 2.24) is 0 Å². The molecule has 82 valence electrons. The summed E-state index contributed by atoms with van der Waals surface area (Å²) in [6.45, 7) is 0. The molecule has 0 N–H and O–H groups in total. The molecular weight excluding hydrogens is 291 g/mol. The van der Waals surface area contributed by atoms with Gasteiger partial charge in [0, 0.05) is 21.8 Å². The number of thiophene rings is 1. The predicted octanol–water partition coefficient (Wildman–Crippen LogP) is 4.08. The number of halogens is 2. The minimum absolute atomic E-state index is 0.0496. The molecule has 0 unspecified atom stereocenters. The summed E-state index contributed by atoms with van der Waals surface area (Å²) in [5.74, 6) is -0.257. The Morgan fingerprint density at radius 3 is 2.81 bits per heavy atom. The molecule has 1 nitrogen and oxygen atoms in total. The van der Waals surface area contributed by atoms with Crippen molar-refractivity contribution in [1.29, 1.82) is 0 Å². The molecule has 0 spiro atoms. The van der Waals surface area contributed by atoms with Crippen molar-refractivity contribution in [3.05, 3.63) is 56.4 Å². The molecule has 1 heterocycles. The fourth-order valence-electron chi connectivity index (χ4n) is 1.36. The largest absolute Gasteiger partial charge is 0.294 e. The monoisotopic (exact) mass is 298 g/mol. The lowest BCUT2D eigenvalue weighted by Gasteiger charge is -2.02. The zero-order chi connectivity index (χ0) is 11.5. The van der Waals surface area contributed by atoms with Crippen LogP contribution >= 0.6 is 27.3 Å². The van der Waals surface area contributed by atoms with Crippen molar-refractivity contribution >= 4 is 33.0 Å². The molecule has 0 saturated carbocycles. The van der Waals surface area contributed by atoms with Gasteiger partial charge in [-0.25, -0.2) is 4.39 Å². The SMILES string of the molecule is O=C(Cc1ccc(F)cc1Br)c1ccsc1. The summed E-state index contributed by atoms with van der Waals surface area (Å²) in [6.07, 6.45) is 0.289. The molecule has 0 aliphatic heterocycles. The van der Waals surface area contributed by atoms with Crippen LogP contribution in [0, 0.1) is 5.82 Å². The van der Waals surface area contributed by atoms with Gasteiger partial charge in [0.1, 0.15) is 5.82 Å².